The molecule has 0 bridgehead atoms. The van der Waals surface area contributed by atoms with Crippen LogP contribution in [-0.4, -0.2) is 31.0 Å². The highest BCUT2D eigenvalue weighted by Crippen LogP contribution is 2.29. The van der Waals surface area contributed by atoms with E-state index < -0.39 is 11.7 Å². The number of hydrogen-bond donors (Lipinski definition) is 0. The highest BCUT2D eigenvalue weighted by Gasteiger charge is 2.29. The molecule has 1 saturated heterocycles. The third-order valence-corrected chi connectivity index (χ3v) is 4.42. The Hall–Kier alpha value is -1.42. The molecule has 0 spiro atoms. The molecule has 1 fully saturated rings. The van der Waals surface area contributed by atoms with Crippen LogP contribution in [0.2, 0.25) is 0 Å². The summed E-state index contributed by atoms with van der Waals surface area (Å²) >= 11 is 1.72. The van der Waals surface area contributed by atoms with Crippen LogP contribution in [-0.2, 0) is 22.1 Å². The Balaban J connectivity index is 1.71. The van der Waals surface area contributed by atoms with E-state index in [1.54, 1.807) is 23.9 Å². The second kappa shape index (κ2) is 9.16. The summed E-state index contributed by atoms with van der Waals surface area (Å²) in [5, 5.41) is 0.379. The molecule has 0 amide bonds. The van der Waals surface area contributed by atoms with E-state index in [0.29, 0.717) is 31.3 Å². The van der Waals surface area contributed by atoms with E-state index in [-0.39, 0.29) is 6.29 Å². The van der Waals surface area contributed by atoms with Gasteiger partial charge in [0.05, 0.1) is 24.0 Å². The predicted molar refractivity (Wildman–Crippen MR) is 89.7 cm³/mol. The molecule has 2 nitrogen and oxygen atoms in total. The van der Waals surface area contributed by atoms with Crippen molar-refractivity contribution in [3.8, 4) is 11.8 Å². The third kappa shape index (κ3) is 6.23. The lowest BCUT2D eigenvalue weighted by molar-refractivity contribution is -0.146. The van der Waals surface area contributed by atoms with Crippen molar-refractivity contribution in [2.45, 2.75) is 30.6 Å². The van der Waals surface area contributed by atoms with Gasteiger partial charge in [0.2, 0.25) is 0 Å². The number of thioether (sulfide) groups is 1. The number of aryl methyl sites for hydroxylation is 1. The molecule has 0 saturated carbocycles. The molecule has 1 aliphatic heterocycles. The van der Waals surface area contributed by atoms with Gasteiger partial charge in [-0.05, 0) is 42.5 Å². The topological polar surface area (TPSA) is 18.5 Å². The van der Waals surface area contributed by atoms with Gasteiger partial charge in [0.1, 0.15) is 0 Å². The molecular formula is C18H19F3O2S. The Morgan fingerprint density at radius 3 is 2.46 bits per heavy atom. The Morgan fingerprint density at radius 2 is 1.88 bits per heavy atom. The summed E-state index contributed by atoms with van der Waals surface area (Å²) in [4.78, 5) is 0. The minimum Gasteiger partial charge on any atom is -0.348 e. The maximum absolute atomic E-state index is 12.5. The van der Waals surface area contributed by atoms with Crippen LogP contribution in [0.4, 0.5) is 13.2 Å². The standard InChI is InChI=1S/C18H19F3O2S/c1-24-16-12-22-17(23-13-16)7-5-3-2-4-6-14-8-10-15(11-9-14)18(19,20)21/h5,7-11,16-17H,4,6,12-13H2,1H3/b7-5+. The fourth-order valence-electron chi connectivity index (χ4n) is 2.07. The highest BCUT2D eigenvalue weighted by molar-refractivity contribution is 7.99. The molecule has 0 radical (unpaired) electrons. The first kappa shape index (κ1) is 18.9. The van der Waals surface area contributed by atoms with Gasteiger partial charge < -0.3 is 9.47 Å². The maximum atomic E-state index is 12.5. The molecular weight excluding hydrogens is 337 g/mol. The summed E-state index contributed by atoms with van der Waals surface area (Å²) in [6.45, 7) is 1.33. The molecule has 1 aromatic carbocycles. The molecule has 130 valence electrons. The van der Waals surface area contributed by atoms with Crippen molar-refractivity contribution in [2.75, 3.05) is 19.5 Å². The zero-order valence-corrected chi connectivity index (χ0v) is 14.1. The lowest BCUT2D eigenvalue weighted by Crippen LogP contribution is -2.32. The van der Waals surface area contributed by atoms with E-state index in [2.05, 4.69) is 11.8 Å². The first-order chi connectivity index (χ1) is 11.5. The van der Waals surface area contributed by atoms with Crippen molar-refractivity contribution < 1.29 is 22.6 Å². The van der Waals surface area contributed by atoms with E-state index in [0.717, 1.165) is 17.7 Å². The molecule has 0 atom stereocenters. The van der Waals surface area contributed by atoms with Crippen LogP contribution in [0.15, 0.2) is 36.4 Å². The zero-order chi connectivity index (χ0) is 17.4. The van der Waals surface area contributed by atoms with Gasteiger partial charge in [0.25, 0.3) is 0 Å². The normalized spacial score (nSPS) is 21.5. The number of alkyl halides is 3. The van der Waals surface area contributed by atoms with Crippen molar-refractivity contribution >= 4 is 11.8 Å². The number of hydrogen-bond acceptors (Lipinski definition) is 3. The Morgan fingerprint density at radius 1 is 1.21 bits per heavy atom. The maximum Gasteiger partial charge on any atom is 0.416 e. The van der Waals surface area contributed by atoms with Gasteiger partial charge in [0.15, 0.2) is 6.29 Å². The molecule has 0 unspecified atom stereocenters. The van der Waals surface area contributed by atoms with Gasteiger partial charge in [-0.25, -0.2) is 0 Å². The van der Waals surface area contributed by atoms with E-state index in [9.17, 15) is 13.2 Å². The van der Waals surface area contributed by atoms with Gasteiger partial charge in [-0.1, -0.05) is 24.0 Å². The van der Waals surface area contributed by atoms with E-state index in [1.807, 2.05) is 6.26 Å². The van der Waals surface area contributed by atoms with Crippen molar-refractivity contribution in [1.82, 2.24) is 0 Å². The third-order valence-electron chi connectivity index (χ3n) is 3.48. The van der Waals surface area contributed by atoms with Gasteiger partial charge in [-0.2, -0.15) is 24.9 Å². The minimum absolute atomic E-state index is 0.349. The lowest BCUT2D eigenvalue weighted by atomic mass is 10.1. The van der Waals surface area contributed by atoms with Gasteiger partial charge in [-0.15, -0.1) is 0 Å². The summed E-state index contributed by atoms with van der Waals surface area (Å²) in [5.41, 5.74) is 0.208. The fourth-order valence-corrected chi connectivity index (χ4v) is 2.50. The summed E-state index contributed by atoms with van der Waals surface area (Å²) in [6, 6.07) is 5.18. The predicted octanol–water partition coefficient (Wildman–Crippen LogP) is 4.30. The number of benzene rings is 1. The van der Waals surface area contributed by atoms with Crippen LogP contribution < -0.4 is 0 Å². The molecule has 0 aliphatic carbocycles. The largest absolute Gasteiger partial charge is 0.416 e. The smallest absolute Gasteiger partial charge is 0.348 e. The monoisotopic (exact) mass is 356 g/mol. The second-order valence-electron chi connectivity index (χ2n) is 5.27. The number of ether oxygens (including phenoxy) is 2. The van der Waals surface area contributed by atoms with Crippen LogP contribution in [0.1, 0.15) is 17.5 Å². The zero-order valence-electron chi connectivity index (χ0n) is 13.3. The molecule has 0 aromatic heterocycles. The average Bonchev–Trinajstić information content (AvgIpc) is 2.58. The molecule has 0 N–H and O–H groups in total. The number of allylic oxidation sites excluding steroid dienone is 1. The molecule has 1 heterocycles. The van der Waals surface area contributed by atoms with Crippen molar-refractivity contribution in [1.29, 1.82) is 0 Å². The van der Waals surface area contributed by atoms with Crippen LogP contribution in [0.5, 0.6) is 0 Å². The summed E-state index contributed by atoms with van der Waals surface area (Å²) in [5.74, 6) is 5.85. The molecule has 6 heteroatoms. The van der Waals surface area contributed by atoms with Crippen LogP contribution >= 0.6 is 11.8 Å². The average molecular weight is 356 g/mol. The van der Waals surface area contributed by atoms with Crippen LogP contribution in [0.25, 0.3) is 0 Å². The van der Waals surface area contributed by atoms with E-state index in [1.165, 1.54) is 12.1 Å². The first-order valence-electron chi connectivity index (χ1n) is 7.56. The molecule has 2 rings (SSSR count). The SMILES string of the molecule is CSC1COC(/C=C/C#CCCc2ccc(C(F)(F)F)cc2)OC1. The Labute approximate surface area is 144 Å². The Bertz CT molecular complexity index is 591. The molecule has 1 aromatic rings. The number of halogens is 3. The Kier molecular flexibility index (Phi) is 7.22. The van der Waals surface area contributed by atoms with Gasteiger partial charge in [-0.3, -0.25) is 0 Å². The van der Waals surface area contributed by atoms with Crippen molar-refractivity contribution in [2.24, 2.45) is 0 Å². The van der Waals surface area contributed by atoms with E-state index >= 15 is 0 Å². The quantitative estimate of drug-likeness (QED) is 0.750. The summed E-state index contributed by atoms with van der Waals surface area (Å²) < 4.78 is 48.4. The summed E-state index contributed by atoms with van der Waals surface area (Å²) in [6.07, 6.45) is 2.04. The van der Waals surface area contributed by atoms with Gasteiger partial charge in [0, 0.05) is 6.42 Å². The second-order valence-corrected chi connectivity index (χ2v) is 6.41. The van der Waals surface area contributed by atoms with Crippen LogP contribution in [0.3, 0.4) is 0 Å². The lowest BCUT2D eigenvalue weighted by Gasteiger charge is -2.26. The minimum atomic E-state index is -4.29. The van der Waals surface area contributed by atoms with E-state index in [4.69, 9.17) is 9.47 Å². The van der Waals surface area contributed by atoms with Crippen LogP contribution in [0, 0.1) is 11.8 Å². The fraction of sp³-hybridized carbons (Fsp3) is 0.444. The van der Waals surface area contributed by atoms with Gasteiger partial charge >= 0.3 is 6.18 Å². The molecule has 1 aliphatic rings. The van der Waals surface area contributed by atoms with Crippen molar-refractivity contribution in [3.05, 3.63) is 47.5 Å². The highest BCUT2D eigenvalue weighted by atomic mass is 32.2. The van der Waals surface area contributed by atoms with Crippen molar-refractivity contribution in [3.63, 3.8) is 0 Å². The number of rotatable bonds is 4. The first-order valence-corrected chi connectivity index (χ1v) is 8.85. The molecule has 24 heavy (non-hydrogen) atoms. The summed E-state index contributed by atoms with van der Waals surface area (Å²) in [7, 11) is 0.